The summed E-state index contributed by atoms with van der Waals surface area (Å²) in [5, 5.41) is 109. The van der Waals surface area contributed by atoms with E-state index in [1.54, 1.807) is 18.2 Å². The molecular weight excluding hydrogens is 1090 g/mol. The van der Waals surface area contributed by atoms with Crippen LogP contribution in [0.15, 0.2) is 36.4 Å². The first kappa shape index (κ1) is 68.4. The minimum absolute atomic E-state index is 0. The summed E-state index contributed by atoms with van der Waals surface area (Å²) in [6.07, 6.45) is -18.6. The van der Waals surface area contributed by atoms with Gasteiger partial charge in [0.05, 0.1) is 38.6 Å². The molecule has 0 aromatic heterocycles. The summed E-state index contributed by atoms with van der Waals surface area (Å²) < 4.78 is 85.8. The van der Waals surface area contributed by atoms with E-state index in [1.165, 1.54) is 18.9 Å². The molecule has 1 aromatic carbocycles. The van der Waals surface area contributed by atoms with Crippen molar-refractivity contribution in [3.8, 4) is 5.75 Å². The molecule has 0 radical (unpaired) electrons. The zero-order valence-corrected chi connectivity index (χ0v) is 47.3. The average Bonchev–Trinajstić information content (AvgIpc) is 3.41. The number of hydrogen-bond donors (Lipinski definition) is 13. The Labute approximate surface area is 478 Å². The summed E-state index contributed by atoms with van der Waals surface area (Å²) in [6.45, 7) is 1.38. The van der Waals surface area contributed by atoms with Crippen molar-refractivity contribution in [3.63, 3.8) is 0 Å². The predicted octanol–water partition coefficient (Wildman–Crippen LogP) is -7.71. The molecule has 20 atom stereocenters. The molecule has 0 spiro atoms. The van der Waals surface area contributed by atoms with Gasteiger partial charge in [0.1, 0.15) is 103 Å². The molecule has 4 amide bonds. The van der Waals surface area contributed by atoms with Crippen molar-refractivity contribution >= 4 is 34.0 Å². The zero-order valence-electron chi connectivity index (χ0n) is 44.5. The van der Waals surface area contributed by atoms with Crippen LogP contribution in [0.1, 0.15) is 83.0 Å². The van der Waals surface area contributed by atoms with Gasteiger partial charge in [0.15, 0.2) is 25.2 Å². The molecule has 4 heterocycles. The molecule has 444 valence electrons. The molecular formula is C48H75N4NaO25S. The van der Waals surface area contributed by atoms with Crippen molar-refractivity contribution in [2.45, 2.75) is 195 Å². The molecule has 29 nitrogen and oxygen atoms in total. The second-order valence-electron chi connectivity index (χ2n) is 19.2. The van der Waals surface area contributed by atoms with Gasteiger partial charge in [-0.2, -0.15) is 0 Å². The van der Waals surface area contributed by atoms with Crippen LogP contribution in [-0.2, 0) is 62.1 Å². The molecule has 4 saturated heterocycles. The van der Waals surface area contributed by atoms with Gasteiger partial charge in [-0.05, 0) is 37.8 Å². The minimum atomic E-state index is -5.41. The van der Waals surface area contributed by atoms with Gasteiger partial charge in [-0.25, -0.2) is 8.42 Å². The van der Waals surface area contributed by atoms with Gasteiger partial charge in [0, 0.05) is 20.8 Å². The van der Waals surface area contributed by atoms with E-state index >= 15 is 0 Å². The Morgan fingerprint density at radius 3 is 1.54 bits per heavy atom. The molecule has 4 fully saturated rings. The minimum Gasteiger partial charge on any atom is -0.726 e. The fourth-order valence-electron chi connectivity index (χ4n) is 9.39. The Balaban J connectivity index is 0.0000134. The van der Waals surface area contributed by atoms with Crippen LogP contribution >= 0.6 is 0 Å². The van der Waals surface area contributed by atoms with Crippen LogP contribution in [-0.4, -0.2) is 238 Å². The molecule has 10 unspecified atom stereocenters. The number of ether oxygens (including phenoxy) is 8. The maximum Gasteiger partial charge on any atom is 1.00 e. The Hall–Kier alpha value is -3.13. The quantitative estimate of drug-likeness (QED) is 0.0128. The SMILES string of the molecule is CCCCCC/C=C\CCCOc1ccccc1C(=O)NC1[C@H](O[C@@H]2C(CO)O[C@@H](O[C@@H]3C(CO)O[C@@H](O[C@@H]4C(COS(=O)(=O)[O-])O[C@@H](O)C(NC(C)=O)C4O)C(NC(C)=O)[C@H]3O)C(NC(C)=O)C2O)OC(CO)[C@@H](O)[C@@H]1O.[Na+]. The van der Waals surface area contributed by atoms with Crippen LogP contribution in [0.3, 0.4) is 0 Å². The van der Waals surface area contributed by atoms with Crippen LogP contribution in [0.4, 0.5) is 0 Å². The third kappa shape index (κ3) is 19.2. The van der Waals surface area contributed by atoms with Crippen molar-refractivity contribution in [3.05, 3.63) is 42.0 Å². The first-order valence-corrected chi connectivity index (χ1v) is 27.0. The van der Waals surface area contributed by atoms with Crippen molar-refractivity contribution in [2.75, 3.05) is 33.0 Å². The maximum absolute atomic E-state index is 14.0. The number of carbonyl (C=O) groups is 4. The van der Waals surface area contributed by atoms with Crippen molar-refractivity contribution in [1.29, 1.82) is 0 Å². The van der Waals surface area contributed by atoms with E-state index in [1.807, 2.05) is 0 Å². The molecule has 31 heteroatoms. The fraction of sp³-hybridized carbons (Fsp3) is 0.750. The monoisotopic (exact) mass is 1160 g/mol. The number of allylic oxidation sites excluding steroid dienone is 2. The molecule has 0 bridgehead atoms. The van der Waals surface area contributed by atoms with Crippen LogP contribution in [0, 0.1) is 0 Å². The first-order valence-electron chi connectivity index (χ1n) is 25.6. The van der Waals surface area contributed by atoms with Crippen LogP contribution in [0.25, 0.3) is 0 Å². The second kappa shape index (κ2) is 32.6. The van der Waals surface area contributed by atoms with Gasteiger partial charge in [-0.15, -0.1) is 0 Å². The van der Waals surface area contributed by atoms with Gasteiger partial charge >= 0.3 is 29.6 Å². The first-order chi connectivity index (χ1) is 37.0. The van der Waals surface area contributed by atoms with E-state index in [4.69, 9.17) is 37.9 Å². The summed E-state index contributed by atoms with van der Waals surface area (Å²) in [7, 11) is -5.41. The normalized spacial score (nSPS) is 35.0. The number of rotatable bonds is 27. The Morgan fingerprint density at radius 1 is 0.595 bits per heavy atom. The van der Waals surface area contributed by atoms with Crippen molar-refractivity contribution in [2.24, 2.45) is 0 Å². The smallest absolute Gasteiger partial charge is 0.726 e. The molecule has 13 N–H and O–H groups in total. The van der Waals surface area contributed by atoms with Crippen molar-refractivity contribution < 1.29 is 150 Å². The standard InChI is InChI=1S/C48H76N4O25S.Na/c1-5-6-7-8-9-10-11-12-15-18-69-27-17-14-13-16-26(27)44(64)52-33-37(60)36(59)28(19-53)72-46(33)75-41-29(20-54)73-47(34(39(41)62)50-24(3)57)76-42-30(21-55)74-48(35(40(42)63)51-25(4)58)77-43-31(22-70-78(66,67)68)71-45(65)32(38(43)61)49-23(2)56;/h10-11,13-14,16-17,28-43,45-48,53-55,59-63,65H,5-9,12,15,18-22H2,1-4H3,(H,49,56)(H,50,57)(H,51,58)(H,52,64)(H,66,67,68);/q;+1/p-1/b11-10-;/t28?,29?,30?,31?,32?,33?,34?,35?,36-,37-,38?,39?,40-,41-,42-,43-,45-,46+,47+,48+;/m1./s1. The molecule has 0 saturated carbocycles. The third-order valence-electron chi connectivity index (χ3n) is 13.2. The Morgan fingerprint density at radius 2 is 1.05 bits per heavy atom. The summed E-state index contributed by atoms with van der Waals surface area (Å²) >= 11 is 0. The van der Waals surface area contributed by atoms with Crippen LogP contribution in [0.5, 0.6) is 5.75 Å². The number of aliphatic hydroxyl groups is 9. The number of amides is 4. The van der Waals surface area contributed by atoms with E-state index < -0.39 is 183 Å². The number of para-hydroxylation sites is 1. The van der Waals surface area contributed by atoms with E-state index in [9.17, 15) is 78.1 Å². The average molecular weight is 1160 g/mol. The Kier molecular flexibility index (Phi) is 28.3. The van der Waals surface area contributed by atoms with E-state index in [0.29, 0.717) is 6.42 Å². The molecule has 1 aromatic rings. The summed E-state index contributed by atoms with van der Waals surface area (Å²) in [5.74, 6) is -3.08. The number of hydrogen-bond acceptors (Lipinski definition) is 25. The van der Waals surface area contributed by atoms with Gasteiger partial charge in [0.2, 0.25) is 28.1 Å². The van der Waals surface area contributed by atoms with E-state index in [2.05, 4.69) is 44.5 Å². The number of nitrogens with one attached hydrogen (secondary N) is 4. The number of aliphatic hydroxyl groups excluding tert-OH is 9. The van der Waals surface area contributed by atoms with Gasteiger partial charge < -0.3 is 110 Å². The molecule has 4 aliphatic heterocycles. The van der Waals surface area contributed by atoms with E-state index in [0.717, 1.165) is 46.5 Å². The van der Waals surface area contributed by atoms with Gasteiger partial charge in [-0.3, -0.25) is 23.4 Å². The summed E-state index contributed by atoms with van der Waals surface area (Å²) in [4.78, 5) is 51.3. The van der Waals surface area contributed by atoms with Crippen LogP contribution < -0.4 is 55.6 Å². The second-order valence-corrected chi connectivity index (χ2v) is 20.2. The predicted molar refractivity (Wildman–Crippen MR) is 262 cm³/mol. The maximum atomic E-state index is 14.0. The fourth-order valence-corrected chi connectivity index (χ4v) is 9.69. The largest absolute Gasteiger partial charge is 1.00 e. The van der Waals surface area contributed by atoms with E-state index in [-0.39, 0.29) is 47.5 Å². The number of unbranched alkanes of at least 4 members (excludes halogenated alkanes) is 5. The molecule has 79 heavy (non-hydrogen) atoms. The molecule has 5 rings (SSSR count). The molecule has 0 aliphatic carbocycles. The van der Waals surface area contributed by atoms with Gasteiger partial charge in [-0.1, -0.05) is 50.5 Å². The van der Waals surface area contributed by atoms with Gasteiger partial charge in [0.25, 0.3) is 5.91 Å². The third-order valence-corrected chi connectivity index (χ3v) is 13.7. The molecule has 4 aliphatic rings. The Bertz CT molecular complexity index is 2230. The number of benzene rings is 1. The summed E-state index contributed by atoms with van der Waals surface area (Å²) in [6, 6.07) is -0.621. The topological polar surface area (TPSA) is 439 Å². The van der Waals surface area contributed by atoms with Crippen LogP contribution in [0.2, 0.25) is 0 Å². The summed E-state index contributed by atoms with van der Waals surface area (Å²) in [5.41, 5.74) is 0.0191. The van der Waals surface area contributed by atoms with Crippen molar-refractivity contribution in [1.82, 2.24) is 21.3 Å². The zero-order chi connectivity index (χ0) is 57.4. The number of carbonyl (C=O) groups excluding carboxylic acids is 4.